The van der Waals surface area contributed by atoms with Crippen molar-refractivity contribution in [2.24, 2.45) is 5.73 Å². The second-order valence-corrected chi connectivity index (χ2v) is 13.0. The number of aliphatic carboxylic acids is 1. The monoisotopic (exact) mass is 299 g/mol. The molecule has 0 aliphatic carbocycles. The van der Waals surface area contributed by atoms with Crippen molar-refractivity contribution in [2.45, 2.75) is 27.3 Å². The molecule has 0 aliphatic rings. The van der Waals surface area contributed by atoms with E-state index in [1.807, 2.05) is 0 Å². The van der Waals surface area contributed by atoms with Crippen LogP contribution in [0.25, 0.3) is 0 Å². The Labute approximate surface area is 96.8 Å². The molecule has 5 heteroatoms. The van der Waals surface area contributed by atoms with E-state index >= 15 is 0 Å². The summed E-state index contributed by atoms with van der Waals surface area (Å²) in [5.41, 5.74) is 5.65. The Hall–Kier alpha value is 0.961. The van der Waals surface area contributed by atoms with Gasteiger partial charge in [-0.2, -0.15) is 0 Å². The Morgan fingerprint density at radius 3 is 2.42 bits per heavy atom. The second kappa shape index (κ2) is 6.42. The Morgan fingerprint density at radius 2 is 2.08 bits per heavy atom. The molecule has 0 aliphatic heterocycles. The van der Waals surface area contributed by atoms with Gasteiger partial charge in [-0.05, 0) is 0 Å². The summed E-state index contributed by atoms with van der Waals surface area (Å²) in [6.45, 7) is 4.16. The van der Waals surface area contributed by atoms with Crippen LogP contribution in [0.1, 0.15) is 20.3 Å². The van der Waals surface area contributed by atoms with Crippen molar-refractivity contribution >= 4 is 50.2 Å². The topological polar surface area (TPSA) is 83.5 Å². The Balaban J connectivity index is 3.76. The number of aliphatic hydroxyl groups excluding tert-OH is 1. The van der Waals surface area contributed by atoms with Crippen LogP contribution in [0.4, 0.5) is 0 Å². The Morgan fingerprint density at radius 1 is 1.58 bits per heavy atom. The van der Waals surface area contributed by atoms with Crippen LogP contribution in [-0.4, -0.2) is 67.0 Å². The van der Waals surface area contributed by atoms with Crippen LogP contribution in [0.15, 0.2) is 0 Å². The quantitative estimate of drug-likeness (QED) is 0.605. The number of carboxylic acid groups (broad SMARTS) is 1. The van der Waals surface area contributed by atoms with Crippen LogP contribution in [0.2, 0.25) is 0.386 Å². The molecule has 0 bridgehead atoms. The normalized spacial score (nSPS) is 15.4. The summed E-state index contributed by atoms with van der Waals surface area (Å²) < 4.78 is 0.393. The van der Waals surface area contributed by atoms with E-state index in [9.17, 15) is 9.90 Å². The maximum absolute atomic E-state index is 10.2. The van der Waals surface area contributed by atoms with Crippen LogP contribution in [0, 0.1) is 0 Å². The van der Waals surface area contributed by atoms with E-state index in [-0.39, 0.29) is 6.93 Å². The summed E-state index contributed by atoms with van der Waals surface area (Å²) >= 11 is -1.28. The van der Waals surface area contributed by atoms with Gasteiger partial charge in [0.05, 0.1) is 0 Å². The summed E-state index contributed by atoms with van der Waals surface area (Å²) in [5.74, 6) is -0.977. The minimum absolute atomic E-state index is 0.207. The molecule has 4 N–H and O–H groups in total. The first-order chi connectivity index (χ1) is 5.43. The van der Waals surface area contributed by atoms with Gasteiger partial charge in [0.2, 0.25) is 0 Å². The van der Waals surface area contributed by atoms with Gasteiger partial charge in [-0.15, -0.1) is 0 Å². The third kappa shape index (κ3) is 6.47. The van der Waals surface area contributed by atoms with Crippen molar-refractivity contribution < 1.29 is 15.0 Å². The summed E-state index contributed by atoms with van der Waals surface area (Å²) in [6, 6.07) is 0. The summed E-state index contributed by atoms with van der Waals surface area (Å²) in [4.78, 5) is 10.2. The Kier molecular flexibility index (Phi) is 6.93. The van der Waals surface area contributed by atoms with Crippen LogP contribution in [0.3, 0.4) is 0 Å². The Bertz CT molecular complexity index is 152. The van der Waals surface area contributed by atoms with Crippen molar-refractivity contribution in [1.29, 1.82) is 0 Å². The van der Waals surface area contributed by atoms with Gasteiger partial charge < -0.3 is 0 Å². The summed E-state index contributed by atoms with van der Waals surface area (Å²) in [5, 5.41) is 17.7. The number of aliphatic hydroxyl groups is 1. The van der Waals surface area contributed by atoms with E-state index in [2.05, 4.69) is 13.8 Å². The zero-order valence-corrected chi connectivity index (χ0v) is 12.0. The average Bonchev–Trinajstić information content (AvgIpc) is 1.84. The number of rotatable bonds is 5. The molecule has 0 aromatic heterocycles. The number of carbonyl (C=O) groups is 1. The standard InChI is InChI=1S/C4H8NO3.C3H7.Ba/c5-2-3(6)1-4(7)8;1-3-2;/h2-3,6H,1,5H2,(H,7,8);3H,1-2H3;/t3-;;/m0../s1. The first-order valence-corrected chi connectivity index (χ1v) is 9.21. The minimum atomic E-state index is -1.28. The van der Waals surface area contributed by atoms with Crippen molar-refractivity contribution in [3.05, 3.63) is 0 Å². The molecule has 0 saturated heterocycles. The molecular weight excluding hydrogens is 283 g/mol. The summed E-state index contributed by atoms with van der Waals surface area (Å²) in [6.07, 6.45) is -1.04. The molecule has 4 nitrogen and oxygen atoms in total. The molecule has 0 amide bonds. The first-order valence-electron chi connectivity index (χ1n) is 4.09. The molecule has 68 valence electrons. The fraction of sp³-hybridized carbons (Fsp3) is 0.857. The van der Waals surface area contributed by atoms with E-state index in [0.29, 0.717) is 0.386 Å². The molecule has 0 radical (unpaired) electrons. The third-order valence-corrected chi connectivity index (χ3v) is 8.00. The van der Waals surface area contributed by atoms with E-state index in [1.165, 1.54) is 0 Å². The fourth-order valence-electron chi connectivity index (χ4n) is 1.03. The van der Waals surface area contributed by atoms with Crippen LogP contribution < -0.4 is 5.73 Å². The molecule has 0 saturated carbocycles. The van der Waals surface area contributed by atoms with Crippen molar-refractivity contribution in [1.82, 2.24) is 0 Å². The van der Waals surface area contributed by atoms with Gasteiger partial charge in [-0.25, -0.2) is 0 Å². The molecule has 0 rings (SSSR count). The third-order valence-electron chi connectivity index (χ3n) is 1.62. The van der Waals surface area contributed by atoms with Gasteiger partial charge in [-0.1, -0.05) is 0 Å². The van der Waals surface area contributed by atoms with Crippen molar-refractivity contribution in [3.63, 3.8) is 0 Å². The van der Waals surface area contributed by atoms with Gasteiger partial charge in [0.25, 0.3) is 0 Å². The van der Waals surface area contributed by atoms with E-state index in [4.69, 9.17) is 10.8 Å². The molecule has 0 spiro atoms. The molecule has 0 unspecified atom stereocenters. The second-order valence-electron chi connectivity index (χ2n) is 3.46. The van der Waals surface area contributed by atoms with Crippen LogP contribution in [-0.2, 0) is 4.79 Å². The van der Waals surface area contributed by atoms with Gasteiger partial charge in [0.1, 0.15) is 0 Å². The predicted molar refractivity (Wildman–Crippen MR) is 47.1 cm³/mol. The van der Waals surface area contributed by atoms with E-state index in [0.717, 1.165) is 0 Å². The zero-order valence-electron chi connectivity index (χ0n) is 7.53. The van der Waals surface area contributed by atoms with Crippen molar-refractivity contribution in [2.75, 3.05) is 0 Å². The predicted octanol–water partition coefficient (Wildman–Crippen LogP) is -0.361. The molecule has 2 atom stereocenters. The molecule has 0 heterocycles. The van der Waals surface area contributed by atoms with Crippen LogP contribution in [0.5, 0.6) is 0 Å². The molecular formula is C7H15BaNO3. The fourth-order valence-corrected chi connectivity index (χ4v) is 5.96. The van der Waals surface area contributed by atoms with Gasteiger partial charge in [0, 0.05) is 0 Å². The average molecular weight is 299 g/mol. The first kappa shape index (κ1) is 13.0. The molecule has 12 heavy (non-hydrogen) atoms. The maximum atomic E-state index is 10.2. The molecule has 0 aromatic rings. The molecule has 0 aromatic carbocycles. The van der Waals surface area contributed by atoms with Gasteiger partial charge in [-0.3, -0.25) is 0 Å². The number of hydrogen-bond acceptors (Lipinski definition) is 3. The number of nitrogens with two attached hydrogens (primary N) is 1. The van der Waals surface area contributed by atoms with E-state index < -0.39 is 56.3 Å². The van der Waals surface area contributed by atoms with Crippen molar-refractivity contribution in [3.8, 4) is 0 Å². The zero-order chi connectivity index (χ0) is 9.72. The van der Waals surface area contributed by atoms with Crippen LogP contribution >= 0.6 is 0 Å². The van der Waals surface area contributed by atoms with Gasteiger partial charge >= 0.3 is 98.2 Å². The molecule has 0 fully saturated rings. The SMILES string of the molecule is C[CH](C)[Ba][C@H](N)[C@@H](O)CC(=O)O. The van der Waals surface area contributed by atoms with E-state index in [1.54, 1.807) is 0 Å². The summed E-state index contributed by atoms with van der Waals surface area (Å²) in [7, 11) is 0. The van der Waals surface area contributed by atoms with Gasteiger partial charge in [0.15, 0.2) is 0 Å². The number of carboxylic acids is 1. The number of hydrogen-bond donors (Lipinski definition) is 3.